The zero-order valence-electron chi connectivity index (χ0n) is 14.7. The summed E-state index contributed by atoms with van der Waals surface area (Å²) in [6, 6.07) is 17.6. The van der Waals surface area contributed by atoms with Crippen LogP contribution in [0.1, 0.15) is 41.0 Å². The summed E-state index contributed by atoms with van der Waals surface area (Å²) in [5.74, 6) is -0.210. The maximum atomic E-state index is 12.3. The maximum absolute atomic E-state index is 12.3. The zero-order valence-corrected chi connectivity index (χ0v) is 15.5. The highest BCUT2D eigenvalue weighted by Crippen LogP contribution is 2.21. The van der Waals surface area contributed by atoms with Crippen LogP contribution >= 0.6 is 11.3 Å². The normalized spacial score (nSPS) is 11.9. The number of fused-ring (bicyclic) bond motifs is 1. The van der Waals surface area contributed by atoms with E-state index in [1.807, 2.05) is 66.9 Å². The lowest BCUT2D eigenvalue weighted by Gasteiger charge is -2.15. The third-order valence-corrected chi connectivity index (χ3v) is 5.27. The number of benzene rings is 2. The SMILES string of the molecule is CCC(NC(=O)CCNC(=O)c1ccc2ccccc2c1)c1cccs1. The third kappa shape index (κ3) is 4.49. The second-order valence-electron chi connectivity index (χ2n) is 6.11. The van der Waals surface area contributed by atoms with Crippen molar-refractivity contribution in [3.05, 3.63) is 70.4 Å². The van der Waals surface area contributed by atoms with Gasteiger partial charge in [-0.25, -0.2) is 0 Å². The first-order chi connectivity index (χ1) is 12.7. The number of carbonyl (C=O) groups is 2. The Hall–Kier alpha value is -2.66. The van der Waals surface area contributed by atoms with Gasteiger partial charge in [-0.15, -0.1) is 11.3 Å². The molecule has 134 valence electrons. The number of hydrogen-bond acceptors (Lipinski definition) is 3. The summed E-state index contributed by atoms with van der Waals surface area (Å²) in [6.07, 6.45) is 1.11. The van der Waals surface area contributed by atoms with Crippen LogP contribution in [0.4, 0.5) is 0 Å². The Morgan fingerprint density at radius 3 is 2.58 bits per heavy atom. The average Bonchev–Trinajstić information content (AvgIpc) is 3.20. The molecule has 26 heavy (non-hydrogen) atoms. The summed E-state index contributed by atoms with van der Waals surface area (Å²) in [5, 5.41) is 9.99. The number of hydrogen-bond donors (Lipinski definition) is 2. The number of amides is 2. The summed E-state index contributed by atoms with van der Waals surface area (Å²) in [6.45, 7) is 2.37. The maximum Gasteiger partial charge on any atom is 0.251 e. The highest BCUT2D eigenvalue weighted by atomic mass is 32.1. The van der Waals surface area contributed by atoms with Gasteiger partial charge in [0, 0.05) is 23.4 Å². The van der Waals surface area contributed by atoms with Crippen LogP contribution < -0.4 is 10.6 Å². The first-order valence-electron chi connectivity index (χ1n) is 8.77. The number of nitrogens with one attached hydrogen (secondary N) is 2. The van der Waals surface area contributed by atoms with Gasteiger partial charge < -0.3 is 10.6 Å². The summed E-state index contributed by atoms with van der Waals surface area (Å²) >= 11 is 1.64. The van der Waals surface area contributed by atoms with Crippen molar-refractivity contribution in [3.8, 4) is 0 Å². The number of thiophene rings is 1. The van der Waals surface area contributed by atoms with Gasteiger partial charge in [0.1, 0.15) is 0 Å². The van der Waals surface area contributed by atoms with Crippen molar-refractivity contribution in [1.29, 1.82) is 0 Å². The van der Waals surface area contributed by atoms with E-state index in [1.165, 1.54) is 0 Å². The molecule has 0 aliphatic heterocycles. The minimum atomic E-state index is -0.158. The summed E-state index contributed by atoms with van der Waals surface area (Å²) in [5.41, 5.74) is 0.606. The molecular formula is C21H22N2O2S. The Morgan fingerprint density at radius 1 is 1.04 bits per heavy atom. The molecule has 0 saturated heterocycles. The van der Waals surface area contributed by atoms with Gasteiger partial charge in [0.15, 0.2) is 0 Å². The molecule has 4 nitrogen and oxygen atoms in total. The van der Waals surface area contributed by atoms with Gasteiger partial charge in [-0.1, -0.05) is 43.3 Å². The van der Waals surface area contributed by atoms with E-state index in [2.05, 4.69) is 10.6 Å². The molecular weight excluding hydrogens is 344 g/mol. The molecule has 1 heterocycles. The summed E-state index contributed by atoms with van der Waals surface area (Å²) in [7, 11) is 0. The minimum absolute atomic E-state index is 0.0405. The molecule has 1 unspecified atom stereocenters. The minimum Gasteiger partial charge on any atom is -0.352 e. The van der Waals surface area contributed by atoms with Crippen molar-refractivity contribution in [2.45, 2.75) is 25.8 Å². The predicted octanol–water partition coefficient (Wildman–Crippen LogP) is 4.29. The first-order valence-corrected chi connectivity index (χ1v) is 9.65. The van der Waals surface area contributed by atoms with Gasteiger partial charge in [-0.2, -0.15) is 0 Å². The molecule has 1 atom stereocenters. The van der Waals surface area contributed by atoms with Crippen LogP contribution in [-0.2, 0) is 4.79 Å². The van der Waals surface area contributed by atoms with Gasteiger partial charge in [-0.05, 0) is 40.8 Å². The fourth-order valence-corrected chi connectivity index (χ4v) is 3.71. The van der Waals surface area contributed by atoms with Crippen molar-refractivity contribution in [3.63, 3.8) is 0 Å². The van der Waals surface area contributed by atoms with Crippen LogP contribution in [-0.4, -0.2) is 18.4 Å². The lowest BCUT2D eigenvalue weighted by Crippen LogP contribution is -2.32. The molecule has 0 saturated carbocycles. The molecule has 0 aliphatic carbocycles. The average molecular weight is 366 g/mol. The number of rotatable bonds is 7. The fourth-order valence-electron chi connectivity index (χ4n) is 2.85. The molecule has 2 amide bonds. The van der Waals surface area contributed by atoms with Crippen LogP contribution in [0.2, 0.25) is 0 Å². The van der Waals surface area contributed by atoms with Gasteiger partial charge >= 0.3 is 0 Å². The van der Waals surface area contributed by atoms with E-state index in [0.29, 0.717) is 12.1 Å². The van der Waals surface area contributed by atoms with Crippen LogP contribution in [0.25, 0.3) is 10.8 Å². The monoisotopic (exact) mass is 366 g/mol. The van der Waals surface area contributed by atoms with Crippen LogP contribution in [0.5, 0.6) is 0 Å². The lowest BCUT2D eigenvalue weighted by atomic mass is 10.1. The van der Waals surface area contributed by atoms with E-state index >= 15 is 0 Å². The Kier molecular flexibility index (Phi) is 6.02. The van der Waals surface area contributed by atoms with E-state index in [9.17, 15) is 9.59 Å². The smallest absolute Gasteiger partial charge is 0.251 e. The molecule has 0 bridgehead atoms. The number of carbonyl (C=O) groups excluding carboxylic acids is 2. The molecule has 0 fully saturated rings. The molecule has 3 aromatic rings. The Morgan fingerprint density at radius 2 is 1.85 bits per heavy atom. The lowest BCUT2D eigenvalue weighted by molar-refractivity contribution is -0.121. The van der Waals surface area contributed by atoms with Gasteiger partial charge in [0.2, 0.25) is 5.91 Å². The molecule has 5 heteroatoms. The van der Waals surface area contributed by atoms with Crippen LogP contribution in [0, 0.1) is 0 Å². The van der Waals surface area contributed by atoms with Gasteiger partial charge in [0.25, 0.3) is 5.91 Å². The van der Waals surface area contributed by atoms with E-state index < -0.39 is 0 Å². The van der Waals surface area contributed by atoms with Crippen molar-refractivity contribution in [2.24, 2.45) is 0 Å². The molecule has 0 aliphatic rings. The Labute approximate surface area is 157 Å². The van der Waals surface area contributed by atoms with Gasteiger partial charge in [-0.3, -0.25) is 9.59 Å². The highest BCUT2D eigenvalue weighted by Gasteiger charge is 2.14. The van der Waals surface area contributed by atoms with Crippen LogP contribution in [0.15, 0.2) is 60.0 Å². The fraction of sp³-hybridized carbons (Fsp3) is 0.238. The third-order valence-electron chi connectivity index (χ3n) is 4.28. The van der Waals surface area contributed by atoms with E-state index in [1.54, 1.807) is 11.3 Å². The Bertz CT molecular complexity index is 890. The molecule has 1 aromatic heterocycles. The van der Waals surface area contributed by atoms with E-state index in [4.69, 9.17) is 0 Å². The molecule has 2 aromatic carbocycles. The van der Waals surface area contributed by atoms with Crippen molar-refractivity contribution >= 4 is 33.9 Å². The van der Waals surface area contributed by atoms with Crippen molar-refractivity contribution in [1.82, 2.24) is 10.6 Å². The molecule has 2 N–H and O–H groups in total. The quantitative estimate of drug-likeness (QED) is 0.655. The van der Waals surface area contributed by atoms with Crippen molar-refractivity contribution < 1.29 is 9.59 Å². The van der Waals surface area contributed by atoms with E-state index in [-0.39, 0.29) is 24.3 Å². The topological polar surface area (TPSA) is 58.2 Å². The molecule has 0 spiro atoms. The zero-order chi connectivity index (χ0) is 18.4. The van der Waals surface area contributed by atoms with Gasteiger partial charge in [0.05, 0.1) is 6.04 Å². The second kappa shape index (κ2) is 8.63. The highest BCUT2D eigenvalue weighted by molar-refractivity contribution is 7.10. The Balaban J connectivity index is 1.50. The second-order valence-corrected chi connectivity index (χ2v) is 7.09. The molecule has 0 radical (unpaired) electrons. The van der Waals surface area contributed by atoms with E-state index in [0.717, 1.165) is 22.1 Å². The summed E-state index contributed by atoms with van der Waals surface area (Å²) < 4.78 is 0. The largest absolute Gasteiger partial charge is 0.352 e. The first kappa shape index (κ1) is 18.1. The molecule has 3 rings (SSSR count). The standard InChI is InChI=1S/C21H22N2O2S/c1-2-18(19-8-5-13-26-19)23-20(24)11-12-22-21(25)17-10-9-15-6-3-4-7-16(15)14-17/h3-10,13-14,18H,2,11-12H2,1H3,(H,22,25)(H,23,24). The summed E-state index contributed by atoms with van der Waals surface area (Å²) in [4.78, 5) is 25.6. The van der Waals surface area contributed by atoms with Crippen molar-refractivity contribution in [2.75, 3.05) is 6.54 Å². The predicted molar refractivity (Wildman–Crippen MR) is 106 cm³/mol. The van der Waals surface area contributed by atoms with Crippen LogP contribution in [0.3, 0.4) is 0 Å².